The van der Waals surface area contributed by atoms with Gasteiger partial charge in [0.05, 0.1) is 16.4 Å². The summed E-state index contributed by atoms with van der Waals surface area (Å²) >= 11 is 6.19. The molecule has 1 N–H and O–H groups in total. The van der Waals surface area contributed by atoms with E-state index < -0.39 is 4.92 Å². The molecule has 0 aliphatic carbocycles. The maximum atomic E-state index is 12.1. The summed E-state index contributed by atoms with van der Waals surface area (Å²) < 4.78 is 11.0. The fourth-order valence-electron chi connectivity index (χ4n) is 2.73. The second-order valence-electron chi connectivity index (χ2n) is 5.76. The molecule has 0 bridgehead atoms. The summed E-state index contributed by atoms with van der Waals surface area (Å²) in [5.74, 6) is 0.870. The van der Waals surface area contributed by atoms with Gasteiger partial charge in [-0.05, 0) is 24.1 Å². The average molecular weight is 377 g/mol. The van der Waals surface area contributed by atoms with E-state index in [0.29, 0.717) is 48.3 Å². The van der Waals surface area contributed by atoms with Gasteiger partial charge < -0.3 is 14.8 Å². The van der Waals surface area contributed by atoms with Gasteiger partial charge in [0, 0.05) is 18.2 Å². The van der Waals surface area contributed by atoms with Crippen LogP contribution in [0.25, 0.3) is 0 Å². The minimum atomic E-state index is -0.486. The summed E-state index contributed by atoms with van der Waals surface area (Å²) in [5, 5.41) is 14.2. The number of carbonyl (C=O) groups excluding carboxylic acids is 1. The quantitative estimate of drug-likeness (QED) is 0.618. The molecule has 3 rings (SSSR count). The van der Waals surface area contributed by atoms with Crippen LogP contribution in [0.5, 0.6) is 11.5 Å². The van der Waals surface area contributed by atoms with Crippen LogP contribution in [0.4, 0.5) is 5.69 Å². The molecule has 1 heterocycles. The van der Waals surface area contributed by atoms with Crippen LogP contribution in [0.2, 0.25) is 5.02 Å². The number of hydrogen-bond donors (Lipinski definition) is 1. The predicted molar refractivity (Wildman–Crippen MR) is 96.0 cm³/mol. The number of amides is 1. The Labute approximate surface area is 155 Å². The van der Waals surface area contributed by atoms with E-state index in [-0.39, 0.29) is 18.0 Å². The van der Waals surface area contributed by atoms with Crippen molar-refractivity contribution in [1.29, 1.82) is 0 Å². The lowest BCUT2D eigenvalue weighted by Crippen LogP contribution is -2.27. The van der Waals surface area contributed by atoms with E-state index in [2.05, 4.69) is 5.32 Å². The standard InChI is InChI=1S/C18H17ClN2O5/c19-14-9-12(10-16-18(14)26-8-7-25-16)5-6-20-17(22)11-13-3-1-2-4-15(13)21(23)24/h1-4,9-10H,5-8,11H2,(H,20,22). The lowest BCUT2D eigenvalue weighted by molar-refractivity contribution is -0.385. The minimum absolute atomic E-state index is 0.0426. The number of nitrogens with zero attached hydrogens (tertiary/aromatic N) is 1. The highest BCUT2D eigenvalue weighted by Crippen LogP contribution is 2.38. The van der Waals surface area contributed by atoms with Crippen molar-refractivity contribution in [3.8, 4) is 11.5 Å². The van der Waals surface area contributed by atoms with Gasteiger partial charge in [-0.2, -0.15) is 0 Å². The molecule has 1 amide bonds. The topological polar surface area (TPSA) is 90.7 Å². The summed E-state index contributed by atoms with van der Waals surface area (Å²) in [5.41, 5.74) is 1.24. The number of benzene rings is 2. The smallest absolute Gasteiger partial charge is 0.273 e. The Morgan fingerprint density at radius 1 is 1.23 bits per heavy atom. The van der Waals surface area contributed by atoms with Gasteiger partial charge in [0.15, 0.2) is 11.5 Å². The molecule has 7 nitrogen and oxygen atoms in total. The SMILES string of the molecule is O=C(Cc1ccccc1[N+](=O)[O-])NCCc1cc(Cl)c2c(c1)OCCO2. The van der Waals surface area contributed by atoms with Crippen LogP contribution in [0.1, 0.15) is 11.1 Å². The Hall–Kier alpha value is -2.80. The van der Waals surface area contributed by atoms with Crippen molar-refractivity contribution in [3.63, 3.8) is 0 Å². The lowest BCUT2D eigenvalue weighted by atomic mass is 10.1. The van der Waals surface area contributed by atoms with Crippen LogP contribution in [0.15, 0.2) is 36.4 Å². The number of carbonyl (C=O) groups is 1. The van der Waals surface area contributed by atoms with Gasteiger partial charge in [-0.1, -0.05) is 29.8 Å². The first-order valence-electron chi connectivity index (χ1n) is 8.11. The van der Waals surface area contributed by atoms with E-state index >= 15 is 0 Å². The molecular formula is C18H17ClN2O5. The van der Waals surface area contributed by atoms with Gasteiger partial charge in [0.2, 0.25) is 5.91 Å². The zero-order valence-corrected chi connectivity index (χ0v) is 14.6. The molecule has 0 atom stereocenters. The third-order valence-electron chi connectivity index (χ3n) is 3.93. The van der Waals surface area contributed by atoms with E-state index in [1.54, 1.807) is 24.3 Å². The van der Waals surface area contributed by atoms with Gasteiger partial charge >= 0.3 is 0 Å². The molecule has 136 valence electrons. The second kappa shape index (κ2) is 8.05. The average Bonchev–Trinajstić information content (AvgIpc) is 2.62. The van der Waals surface area contributed by atoms with Gasteiger partial charge in [0.1, 0.15) is 13.2 Å². The van der Waals surface area contributed by atoms with Crippen LogP contribution in [0.3, 0.4) is 0 Å². The first-order chi connectivity index (χ1) is 12.5. The number of para-hydroxylation sites is 1. The molecule has 0 aromatic heterocycles. The van der Waals surface area contributed by atoms with Gasteiger partial charge in [-0.3, -0.25) is 14.9 Å². The van der Waals surface area contributed by atoms with Crippen LogP contribution >= 0.6 is 11.6 Å². The number of hydrogen-bond acceptors (Lipinski definition) is 5. The summed E-state index contributed by atoms with van der Waals surface area (Å²) in [6, 6.07) is 9.84. The van der Waals surface area contributed by atoms with Crippen LogP contribution in [-0.2, 0) is 17.6 Å². The highest BCUT2D eigenvalue weighted by Gasteiger charge is 2.17. The first kappa shape index (κ1) is 18.0. The Kier molecular flexibility index (Phi) is 5.58. The lowest BCUT2D eigenvalue weighted by Gasteiger charge is -2.20. The van der Waals surface area contributed by atoms with Crippen LogP contribution < -0.4 is 14.8 Å². The predicted octanol–water partition coefficient (Wildman–Crippen LogP) is 2.92. The molecule has 0 saturated carbocycles. The van der Waals surface area contributed by atoms with Crippen LogP contribution in [0, 0.1) is 10.1 Å². The molecule has 1 aliphatic heterocycles. The molecule has 2 aromatic rings. The number of nitro benzene ring substituents is 1. The monoisotopic (exact) mass is 376 g/mol. The molecule has 0 radical (unpaired) electrons. The van der Waals surface area contributed by atoms with Crippen molar-refractivity contribution in [2.45, 2.75) is 12.8 Å². The summed E-state index contributed by atoms with van der Waals surface area (Å²) in [6.07, 6.45) is 0.512. The molecule has 0 unspecified atom stereocenters. The fourth-order valence-corrected chi connectivity index (χ4v) is 3.02. The number of ether oxygens (including phenoxy) is 2. The summed E-state index contributed by atoms with van der Waals surface area (Å²) in [7, 11) is 0. The molecule has 8 heteroatoms. The van der Waals surface area contributed by atoms with E-state index in [9.17, 15) is 14.9 Å². The third kappa shape index (κ3) is 4.23. The third-order valence-corrected chi connectivity index (χ3v) is 4.21. The van der Waals surface area contributed by atoms with Gasteiger partial charge in [-0.25, -0.2) is 0 Å². The maximum absolute atomic E-state index is 12.1. The molecule has 0 fully saturated rings. The van der Waals surface area contributed by atoms with Crippen molar-refractivity contribution in [2.75, 3.05) is 19.8 Å². The van der Waals surface area contributed by atoms with E-state index in [4.69, 9.17) is 21.1 Å². The molecule has 0 saturated heterocycles. The molecule has 0 spiro atoms. The molecule has 2 aromatic carbocycles. The first-order valence-corrected chi connectivity index (χ1v) is 8.49. The molecule has 1 aliphatic rings. The summed E-state index contributed by atoms with van der Waals surface area (Å²) in [4.78, 5) is 22.6. The van der Waals surface area contributed by atoms with Crippen molar-refractivity contribution < 1.29 is 19.2 Å². The zero-order valence-electron chi connectivity index (χ0n) is 13.9. The van der Waals surface area contributed by atoms with Gasteiger partial charge in [0.25, 0.3) is 5.69 Å². The fraction of sp³-hybridized carbons (Fsp3) is 0.278. The number of nitro groups is 1. The normalized spacial score (nSPS) is 12.5. The number of fused-ring (bicyclic) bond motifs is 1. The molecule has 26 heavy (non-hydrogen) atoms. The minimum Gasteiger partial charge on any atom is -0.486 e. The number of nitrogens with one attached hydrogen (secondary N) is 1. The van der Waals surface area contributed by atoms with Crippen molar-refractivity contribution in [2.24, 2.45) is 0 Å². The number of halogens is 1. The molecular weight excluding hydrogens is 360 g/mol. The number of rotatable bonds is 6. The zero-order chi connectivity index (χ0) is 18.5. The Morgan fingerprint density at radius 3 is 2.81 bits per heavy atom. The van der Waals surface area contributed by atoms with Gasteiger partial charge in [-0.15, -0.1) is 0 Å². The summed E-state index contributed by atoms with van der Waals surface area (Å²) in [6.45, 7) is 1.32. The highest BCUT2D eigenvalue weighted by atomic mass is 35.5. The van der Waals surface area contributed by atoms with Crippen LogP contribution in [-0.4, -0.2) is 30.6 Å². The Morgan fingerprint density at radius 2 is 2.00 bits per heavy atom. The van der Waals surface area contributed by atoms with Crippen molar-refractivity contribution in [3.05, 3.63) is 62.7 Å². The highest BCUT2D eigenvalue weighted by molar-refractivity contribution is 6.32. The maximum Gasteiger partial charge on any atom is 0.273 e. The van der Waals surface area contributed by atoms with Crippen molar-refractivity contribution in [1.82, 2.24) is 5.32 Å². The van der Waals surface area contributed by atoms with E-state index in [1.165, 1.54) is 6.07 Å². The Balaban J connectivity index is 1.56. The van der Waals surface area contributed by atoms with E-state index in [1.807, 2.05) is 6.07 Å². The Bertz CT molecular complexity index is 840. The largest absolute Gasteiger partial charge is 0.486 e. The van der Waals surface area contributed by atoms with Crippen molar-refractivity contribution >= 4 is 23.2 Å². The second-order valence-corrected chi connectivity index (χ2v) is 6.17. The van der Waals surface area contributed by atoms with E-state index in [0.717, 1.165) is 5.56 Å².